The first-order chi connectivity index (χ1) is 13.5. The number of aliphatic hydroxyl groups is 2. The molecule has 2 aromatic rings. The Balaban J connectivity index is 0.000000674. The lowest BCUT2D eigenvalue weighted by atomic mass is 9.83. The average Bonchev–Trinajstić information content (AvgIpc) is 2.67. The summed E-state index contributed by atoms with van der Waals surface area (Å²) < 4.78 is 25.9. The summed E-state index contributed by atoms with van der Waals surface area (Å²) in [6.07, 6.45) is 1.41. The molecule has 1 fully saturated rings. The van der Waals surface area contributed by atoms with Crippen molar-refractivity contribution in [1.29, 1.82) is 0 Å². The molecule has 8 nitrogen and oxygen atoms in total. The topological polar surface area (TPSA) is 150 Å². The Bertz CT molecular complexity index is 856. The van der Waals surface area contributed by atoms with Crippen LogP contribution in [-0.2, 0) is 15.7 Å². The summed E-state index contributed by atoms with van der Waals surface area (Å²) >= 11 is 0. The maximum absolute atomic E-state index is 10.9. The van der Waals surface area contributed by atoms with Crippen LogP contribution in [0.2, 0.25) is 0 Å². The SMILES string of the molecule is CS(=O)(=O)O.C[C@@H]([C@@H](O)c1ccc(O)cc1)N1CCC(O)(c2ccccc2)CC1.O. The van der Waals surface area contributed by atoms with E-state index in [0.717, 1.165) is 24.2 Å². The van der Waals surface area contributed by atoms with Crippen LogP contribution in [0.25, 0.3) is 0 Å². The molecular formula is C21H31NO7S. The quantitative estimate of drug-likeness (QED) is 0.525. The molecule has 6 N–H and O–H groups in total. The minimum atomic E-state index is -3.67. The van der Waals surface area contributed by atoms with E-state index in [0.29, 0.717) is 19.1 Å². The Morgan fingerprint density at radius 2 is 1.47 bits per heavy atom. The van der Waals surface area contributed by atoms with Crippen LogP contribution in [0.4, 0.5) is 0 Å². The highest BCUT2D eigenvalue weighted by Gasteiger charge is 2.36. The van der Waals surface area contributed by atoms with Crippen LogP contribution in [0, 0.1) is 0 Å². The number of aliphatic hydroxyl groups excluding tert-OH is 1. The van der Waals surface area contributed by atoms with Crippen molar-refractivity contribution in [2.24, 2.45) is 0 Å². The number of nitrogens with zero attached hydrogens (tertiary/aromatic N) is 1. The van der Waals surface area contributed by atoms with Crippen LogP contribution < -0.4 is 0 Å². The maximum Gasteiger partial charge on any atom is 0.261 e. The first-order valence-corrected chi connectivity index (χ1v) is 11.3. The van der Waals surface area contributed by atoms with Gasteiger partial charge in [-0.15, -0.1) is 0 Å². The van der Waals surface area contributed by atoms with Gasteiger partial charge in [0.25, 0.3) is 10.1 Å². The van der Waals surface area contributed by atoms with E-state index in [1.807, 2.05) is 37.3 Å². The third-order valence-electron chi connectivity index (χ3n) is 5.20. The Labute approximate surface area is 177 Å². The minimum absolute atomic E-state index is 0. The summed E-state index contributed by atoms with van der Waals surface area (Å²) in [7, 11) is -3.67. The van der Waals surface area contributed by atoms with Gasteiger partial charge in [-0.25, -0.2) is 0 Å². The molecular weight excluding hydrogens is 410 g/mol. The summed E-state index contributed by atoms with van der Waals surface area (Å²) in [6.45, 7) is 3.48. The Hall–Kier alpha value is -2.01. The number of benzene rings is 2. The van der Waals surface area contributed by atoms with Gasteiger partial charge in [-0.3, -0.25) is 9.45 Å². The molecule has 0 aliphatic carbocycles. The zero-order valence-electron chi connectivity index (χ0n) is 17.1. The van der Waals surface area contributed by atoms with Crippen LogP contribution >= 0.6 is 0 Å². The first kappa shape index (κ1) is 26.0. The molecule has 0 saturated carbocycles. The second kappa shape index (κ2) is 10.9. The lowest BCUT2D eigenvalue weighted by Crippen LogP contribution is -2.47. The molecule has 168 valence electrons. The molecule has 2 atom stereocenters. The van der Waals surface area contributed by atoms with Gasteiger partial charge < -0.3 is 20.8 Å². The highest BCUT2D eigenvalue weighted by atomic mass is 32.2. The number of phenols is 1. The van der Waals surface area contributed by atoms with E-state index in [1.54, 1.807) is 24.3 Å². The number of rotatable bonds is 4. The summed E-state index contributed by atoms with van der Waals surface area (Å²) in [5, 5.41) is 30.9. The summed E-state index contributed by atoms with van der Waals surface area (Å²) in [4.78, 5) is 2.22. The highest BCUT2D eigenvalue weighted by molar-refractivity contribution is 7.85. The highest BCUT2D eigenvalue weighted by Crippen LogP contribution is 2.34. The van der Waals surface area contributed by atoms with E-state index in [1.165, 1.54) is 0 Å². The van der Waals surface area contributed by atoms with Gasteiger partial charge in [-0.2, -0.15) is 8.42 Å². The van der Waals surface area contributed by atoms with Gasteiger partial charge in [0, 0.05) is 19.1 Å². The number of phenolic OH excluding ortho intramolecular Hbond substituents is 1. The third-order valence-corrected chi connectivity index (χ3v) is 5.20. The second-order valence-corrected chi connectivity index (χ2v) is 8.91. The van der Waals surface area contributed by atoms with Crippen molar-refractivity contribution >= 4 is 10.1 Å². The zero-order valence-corrected chi connectivity index (χ0v) is 18.0. The number of hydrogen-bond donors (Lipinski definition) is 4. The molecule has 2 aromatic carbocycles. The van der Waals surface area contributed by atoms with Gasteiger partial charge >= 0.3 is 0 Å². The van der Waals surface area contributed by atoms with Gasteiger partial charge in [0.1, 0.15) is 5.75 Å². The lowest BCUT2D eigenvalue weighted by molar-refractivity contribution is -0.0501. The molecule has 1 heterocycles. The van der Waals surface area contributed by atoms with Gasteiger partial charge in [0.15, 0.2) is 0 Å². The fourth-order valence-corrected chi connectivity index (χ4v) is 3.49. The number of aromatic hydroxyl groups is 1. The van der Waals surface area contributed by atoms with Gasteiger partial charge in [-0.1, -0.05) is 42.5 Å². The zero-order chi connectivity index (χ0) is 21.7. The third kappa shape index (κ3) is 7.67. The Morgan fingerprint density at radius 3 is 1.93 bits per heavy atom. The van der Waals surface area contributed by atoms with Crippen molar-refractivity contribution < 1.29 is 33.8 Å². The normalized spacial score (nSPS) is 18.3. The van der Waals surface area contributed by atoms with Crippen molar-refractivity contribution in [2.75, 3.05) is 19.3 Å². The Morgan fingerprint density at radius 1 is 1.00 bits per heavy atom. The summed E-state index contributed by atoms with van der Waals surface area (Å²) in [5.74, 6) is 0.199. The van der Waals surface area contributed by atoms with Crippen LogP contribution in [0.5, 0.6) is 5.75 Å². The monoisotopic (exact) mass is 441 g/mol. The van der Waals surface area contributed by atoms with Crippen LogP contribution in [0.15, 0.2) is 54.6 Å². The molecule has 0 radical (unpaired) electrons. The van der Waals surface area contributed by atoms with Crippen molar-refractivity contribution in [1.82, 2.24) is 4.90 Å². The molecule has 1 saturated heterocycles. The van der Waals surface area contributed by atoms with E-state index < -0.39 is 21.8 Å². The second-order valence-electron chi connectivity index (χ2n) is 7.44. The molecule has 0 bridgehead atoms. The molecule has 9 heteroatoms. The van der Waals surface area contributed by atoms with Gasteiger partial charge in [-0.05, 0) is 43.0 Å². The Kier molecular flexibility index (Phi) is 9.41. The van der Waals surface area contributed by atoms with Crippen LogP contribution in [0.1, 0.15) is 37.0 Å². The minimum Gasteiger partial charge on any atom is -0.508 e. The number of likely N-dealkylation sites (tertiary alicyclic amines) is 1. The smallest absolute Gasteiger partial charge is 0.261 e. The van der Waals surface area contributed by atoms with Gasteiger partial charge in [0.2, 0.25) is 0 Å². The summed E-state index contributed by atoms with van der Waals surface area (Å²) in [5.41, 5.74) is 0.988. The maximum atomic E-state index is 10.9. The lowest BCUT2D eigenvalue weighted by Gasteiger charge is -2.42. The van der Waals surface area contributed by atoms with Crippen molar-refractivity contribution in [3.63, 3.8) is 0 Å². The van der Waals surface area contributed by atoms with Crippen LogP contribution in [-0.4, -0.2) is 64.1 Å². The van der Waals surface area contributed by atoms with E-state index >= 15 is 0 Å². The first-order valence-electron chi connectivity index (χ1n) is 9.41. The molecule has 3 rings (SSSR count). The molecule has 0 amide bonds. The van der Waals surface area contributed by atoms with E-state index in [4.69, 9.17) is 4.55 Å². The molecule has 1 aliphatic heterocycles. The number of hydrogen-bond acceptors (Lipinski definition) is 6. The molecule has 1 aliphatic rings. The molecule has 30 heavy (non-hydrogen) atoms. The van der Waals surface area contributed by atoms with E-state index in [-0.39, 0.29) is 17.3 Å². The van der Waals surface area contributed by atoms with Crippen LogP contribution in [0.3, 0.4) is 0 Å². The molecule has 0 aromatic heterocycles. The predicted octanol–water partition coefficient (Wildman–Crippen LogP) is 1.48. The van der Waals surface area contributed by atoms with E-state index in [9.17, 15) is 23.7 Å². The van der Waals surface area contributed by atoms with E-state index in [2.05, 4.69) is 4.90 Å². The van der Waals surface area contributed by atoms with Crippen molar-refractivity contribution in [3.05, 3.63) is 65.7 Å². The van der Waals surface area contributed by atoms with Crippen molar-refractivity contribution in [2.45, 2.75) is 37.5 Å². The molecule has 0 unspecified atom stereocenters. The van der Waals surface area contributed by atoms with Crippen molar-refractivity contribution in [3.8, 4) is 5.75 Å². The standard InChI is InChI=1S/C20H25NO3.CH4O3S.H2O/c1-15(19(23)16-7-9-18(22)10-8-16)21-13-11-20(24,12-14-21)17-5-3-2-4-6-17;1-5(2,3)4;/h2-10,15,19,22-24H,11-14H2,1H3;1H3,(H,2,3,4);1H2/t15-,19+;;/m0../s1. The summed E-state index contributed by atoms with van der Waals surface area (Å²) in [6, 6.07) is 16.5. The predicted molar refractivity (Wildman–Crippen MR) is 115 cm³/mol. The molecule has 0 spiro atoms. The largest absolute Gasteiger partial charge is 0.508 e. The average molecular weight is 442 g/mol. The van der Waals surface area contributed by atoms with Gasteiger partial charge in [0.05, 0.1) is 18.0 Å². The fraction of sp³-hybridized carbons (Fsp3) is 0.429. The number of piperidine rings is 1. The fourth-order valence-electron chi connectivity index (χ4n) is 3.49.